The van der Waals surface area contributed by atoms with Crippen LogP contribution >= 0.6 is 0 Å². The zero-order chi connectivity index (χ0) is 17.6. The van der Waals surface area contributed by atoms with Gasteiger partial charge in [0.2, 0.25) is 0 Å². The molecule has 0 saturated heterocycles. The van der Waals surface area contributed by atoms with Crippen molar-refractivity contribution in [2.24, 2.45) is 0 Å². The van der Waals surface area contributed by atoms with Crippen molar-refractivity contribution in [2.75, 3.05) is 0 Å². The van der Waals surface area contributed by atoms with E-state index >= 15 is 0 Å². The van der Waals surface area contributed by atoms with Gasteiger partial charge in [0.25, 0.3) is 5.91 Å². The number of hydrogen-bond acceptors (Lipinski definition) is 1. The maximum absolute atomic E-state index is 13.3. The average Bonchev–Trinajstić information content (AvgIpc) is 2.70. The van der Waals surface area contributed by atoms with Crippen LogP contribution in [0.3, 0.4) is 0 Å². The maximum atomic E-state index is 13.3. The Balaban J connectivity index is 2.00. The van der Waals surface area contributed by atoms with Gasteiger partial charge in [-0.15, -0.1) is 0 Å². The Morgan fingerprint density at radius 3 is 1.40 bits per heavy atom. The Morgan fingerprint density at radius 1 is 0.640 bits per heavy atom. The van der Waals surface area contributed by atoms with Gasteiger partial charge in [0.05, 0.1) is 12.1 Å². The summed E-state index contributed by atoms with van der Waals surface area (Å²) in [6.45, 7) is 4.19. The normalized spacial score (nSPS) is 13.0. The lowest BCUT2D eigenvalue weighted by Gasteiger charge is -2.35. The van der Waals surface area contributed by atoms with Gasteiger partial charge in [-0.05, 0) is 37.1 Å². The summed E-state index contributed by atoms with van der Waals surface area (Å²) >= 11 is 0. The molecule has 2 nitrogen and oxygen atoms in total. The molecule has 0 fully saturated rings. The number of benzene rings is 3. The molecule has 0 spiro atoms. The van der Waals surface area contributed by atoms with E-state index in [1.54, 1.807) is 0 Å². The van der Waals surface area contributed by atoms with E-state index < -0.39 is 0 Å². The maximum Gasteiger partial charge on any atom is 0.254 e. The molecule has 25 heavy (non-hydrogen) atoms. The van der Waals surface area contributed by atoms with Gasteiger partial charge in [0.15, 0.2) is 0 Å². The predicted octanol–water partition coefficient (Wildman–Crippen LogP) is 5.65. The second kappa shape index (κ2) is 7.80. The first-order valence-corrected chi connectivity index (χ1v) is 8.66. The van der Waals surface area contributed by atoms with Crippen LogP contribution in [0.4, 0.5) is 0 Å². The minimum atomic E-state index is -0.0240. The molecule has 2 heteroatoms. The van der Waals surface area contributed by atoms with Crippen LogP contribution in [0.25, 0.3) is 0 Å². The first-order chi connectivity index (χ1) is 12.2. The van der Waals surface area contributed by atoms with Crippen LogP contribution < -0.4 is 0 Å². The SMILES string of the molecule is C[C@@H](c1ccccc1)N(C(=O)c1ccccc1)[C@@H](C)c1ccccc1. The number of carbonyl (C=O) groups excluding carboxylic acids is 1. The Labute approximate surface area is 149 Å². The van der Waals surface area contributed by atoms with Gasteiger partial charge in [-0.2, -0.15) is 0 Å². The molecule has 0 aromatic heterocycles. The van der Waals surface area contributed by atoms with Crippen molar-refractivity contribution in [3.63, 3.8) is 0 Å². The van der Waals surface area contributed by atoms with Gasteiger partial charge >= 0.3 is 0 Å². The van der Waals surface area contributed by atoms with Crippen LogP contribution in [0.1, 0.15) is 47.4 Å². The number of hydrogen-bond donors (Lipinski definition) is 0. The number of nitrogens with zero attached hydrogens (tertiary/aromatic N) is 1. The van der Waals surface area contributed by atoms with E-state index in [2.05, 4.69) is 38.1 Å². The second-order valence-corrected chi connectivity index (χ2v) is 6.25. The quantitative estimate of drug-likeness (QED) is 0.592. The minimum absolute atomic E-state index is 0.0240. The van der Waals surface area contributed by atoms with Gasteiger partial charge in [0, 0.05) is 5.56 Å². The Hall–Kier alpha value is -2.87. The third kappa shape index (κ3) is 3.80. The summed E-state index contributed by atoms with van der Waals surface area (Å²) in [5.74, 6) is 0.0494. The number of carbonyl (C=O) groups is 1. The molecule has 1 amide bonds. The van der Waals surface area contributed by atoms with E-state index in [0.717, 1.165) is 11.1 Å². The highest BCUT2D eigenvalue weighted by Crippen LogP contribution is 2.31. The molecule has 2 atom stereocenters. The summed E-state index contributed by atoms with van der Waals surface area (Å²) in [5, 5.41) is 0. The Morgan fingerprint density at radius 2 is 1.00 bits per heavy atom. The summed E-state index contributed by atoms with van der Waals surface area (Å²) in [7, 11) is 0. The molecule has 0 radical (unpaired) electrons. The molecule has 0 bridgehead atoms. The number of rotatable bonds is 5. The van der Waals surface area contributed by atoms with Crippen LogP contribution in [0.5, 0.6) is 0 Å². The monoisotopic (exact) mass is 329 g/mol. The highest BCUT2D eigenvalue weighted by molar-refractivity contribution is 5.94. The summed E-state index contributed by atoms with van der Waals surface area (Å²) in [6, 6.07) is 29.8. The summed E-state index contributed by atoms with van der Waals surface area (Å²) in [6.07, 6.45) is 0. The van der Waals surface area contributed by atoms with Crippen molar-refractivity contribution < 1.29 is 4.79 Å². The van der Waals surface area contributed by atoms with E-state index in [4.69, 9.17) is 0 Å². The van der Waals surface area contributed by atoms with E-state index in [1.165, 1.54) is 0 Å². The lowest BCUT2D eigenvalue weighted by atomic mass is 9.99. The average molecular weight is 329 g/mol. The third-order valence-electron chi connectivity index (χ3n) is 4.65. The molecule has 3 aromatic carbocycles. The van der Waals surface area contributed by atoms with E-state index in [1.807, 2.05) is 71.6 Å². The molecule has 0 aliphatic carbocycles. The van der Waals surface area contributed by atoms with Crippen LogP contribution in [0, 0.1) is 0 Å². The topological polar surface area (TPSA) is 20.3 Å². The molecule has 0 aliphatic heterocycles. The van der Waals surface area contributed by atoms with E-state index in [0.29, 0.717) is 5.56 Å². The molecular weight excluding hydrogens is 306 g/mol. The third-order valence-corrected chi connectivity index (χ3v) is 4.65. The molecule has 0 saturated carbocycles. The van der Waals surface area contributed by atoms with Crippen LogP contribution in [-0.2, 0) is 0 Å². The van der Waals surface area contributed by atoms with Gasteiger partial charge in [0.1, 0.15) is 0 Å². The smallest absolute Gasteiger partial charge is 0.254 e. The van der Waals surface area contributed by atoms with Crippen LogP contribution in [0.15, 0.2) is 91.0 Å². The largest absolute Gasteiger partial charge is 0.325 e. The molecule has 126 valence electrons. The molecule has 3 rings (SSSR count). The number of amides is 1. The molecule has 3 aromatic rings. The molecule has 0 unspecified atom stereocenters. The molecular formula is C23H23NO. The van der Waals surface area contributed by atoms with E-state index in [9.17, 15) is 4.79 Å². The van der Waals surface area contributed by atoms with Crippen molar-refractivity contribution in [1.29, 1.82) is 0 Å². The van der Waals surface area contributed by atoms with Crippen LogP contribution in [0.2, 0.25) is 0 Å². The fourth-order valence-electron chi connectivity index (χ4n) is 3.20. The fourth-order valence-corrected chi connectivity index (χ4v) is 3.20. The highest BCUT2D eigenvalue weighted by Gasteiger charge is 2.28. The van der Waals surface area contributed by atoms with Crippen LogP contribution in [-0.4, -0.2) is 10.8 Å². The zero-order valence-corrected chi connectivity index (χ0v) is 14.7. The van der Waals surface area contributed by atoms with Crippen molar-refractivity contribution in [1.82, 2.24) is 4.90 Å². The Bertz CT molecular complexity index is 754. The van der Waals surface area contributed by atoms with Crippen molar-refractivity contribution in [2.45, 2.75) is 25.9 Å². The predicted molar refractivity (Wildman–Crippen MR) is 102 cm³/mol. The van der Waals surface area contributed by atoms with Crippen molar-refractivity contribution in [3.8, 4) is 0 Å². The molecule has 0 aliphatic rings. The summed E-state index contributed by atoms with van der Waals surface area (Å²) < 4.78 is 0. The van der Waals surface area contributed by atoms with Gasteiger partial charge in [-0.3, -0.25) is 4.79 Å². The lowest BCUT2D eigenvalue weighted by molar-refractivity contribution is 0.0604. The summed E-state index contributed by atoms with van der Waals surface area (Å²) in [5.41, 5.74) is 2.98. The Kier molecular flexibility index (Phi) is 5.30. The zero-order valence-electron chi connectivity index (χ0n) is 14.7. The van der Waals surface area contributed by atoms with Crippen molar-refractivity contribution in [3.05, 3.63) is 108 Å². The first kappa shape index (κ1) is 17.0. The lowest BCUT2D eigenvalue weighted by Crippen LogP contribution is -2.36. The fraction of sp³-hybridized carbons (Fsp3) is 0.174. The van der Waals surface area contributed by atoms with Gasteiger partial charge < -0.3 is 4.90 Å². The minimum Gasteiger partial charge on any atom is -0.325 e. The summed E-state index contributed by atoms with van der Waals surface area (Å²) in [4.78, 5) is 15.3. The van der Waals surface area contributed by atoms with E-state index in [-0.39, 0.29) is 18.0 Å². The molecule has 0 N–H and O–H groups in total. The molecule has 0 heterocycles. The highest BCUT2D eigenvalue weighted by atomic mass is 16.2. The first-order valence-electron chi connectivity index (χ1n) is 8.66. The second-order valence-electron chi connectivity index (χ2n) is 6.25. The standard InChI is InChI=1S/C23H23NO/c1-18(20-12-6-3-7-13-20)24(19(2)21-14-8-4-9-15-21)23(25)22-16-10-5-11-17-22/h3-19H,1-2H3/t18-,19-/m0/s1. The van der Waals surface area contributed by atoms with Gasteiger partial charge in [-0.1, -0.05) is 78.9 Å². The van der Waals surface area contributed by atoms with Crippen molar-refractivity contribution >= 4 is 5.91 Å². The van der Waals surface area contributed by atoms with Gasteiger partial charge in [-0.25, -0.2) is 0 Å².